The predicted octanol–water partition coefficient (Wildman–Crippen LogP) is 3.22. The molecule has 0 N–H and O–H groups in total. The van der Waals surface area contributed by atoms with Crippen molar-refractivity contribution in [2.24, 2.45) is 4.99 Å². The lowest BCUT2D eigenvalue weighted by Gasteiger charge is -2.26. The standard InChI is InChI=1S/C20H35N5O/c1-22-12-13-24(17-22)19-25-15-14-23(18-25)11-8-6-4-2-3-5-7-9-20-21-10-16-26-20/h12-15H,2-11,16-19H2,1H3. The van der Waals surface area contributed by atoms with Gasteiger partial charge < -0.3 is 24.3 Å². The zero-order chi connectivity index (χ0) is 18.0. The van der Waals surface area contributed by atoms with E-state index < -0.39 is 0 Å². The Balaban J connectivity index is 1.12. The molecule has 0 aromatic rings. The second kappa shape index (κ2) is 10.3. The highest BCUT2D eigenvalue weighted by Gasteiger charge is 2.16. The van der Waals surface area contributed by atoms with Crippen LogP contribution >= 0.6 is 0 Å². The molecular formula is C20H35N5O. The minimum absolute atomic E-state index is 0.798. The molecule has 3 rings (SSSR count). The Morgan fingerprint density at radius 2 is 1.54 bits per heavy atom. The number of ether oxygens (including phenoxy) is 1. The van der Waals surface area contributed by atoms with Gasteiger partial charge in [-0.15, -0.1) is 0 Å². The minimum Gasteiger partial charge on any atom is -0.479 e. The highest BCUT2D eigenvalue weighted by Crippen LogP contribution is 2.14. The first-order chi connectivity index (χ1) is 12.8. The van der Waals surface area contributed by atoms with Crippen molar-refractivity contribution in [2.45, 2.75) is 51.4 Å². The van der Waals surface area contributed by atoms with E-state index in [1.54, 1.807) is 0 Å². The van der Waals surface area contributed by atoms with Crippen LogP contribution in [0.1, 0.15) is 51.4 Å². The van der Waals surface area contributed by atoms with E-state index in [0.717, 1.165) is 45.5 Å². The number of unbranched alkanes of at least 4 members (excludes halogenated alkanes) is 6. The molecule has 0 saturated heterocycles. The molecule has 26 heavy (non-hydrogen) atoms. The van der Waals surface area contributed by atoms with Crippen LogP contribution in [0.25, 0.3) is 0 Å². The van der Waals surface area contributed by atoms with Gasteiger partial charge in [0.2, 0.25) is 0 Å². The van der Waals surface area contributed by atoms with Crippen LogP contribution in [-0.2, 0) is 4.74 Å². The van der Waals surface area contributed by atoms with Crippen molar-refractivity contribution >= 4 is 5.90 Å². The summed E-state index contributed by atoms with van der Waals surface area (Å²) in [4.78, 5) is 13.7. The van der Waals surface area contributed by atoms with Crippen LogP contribution in [0.3, 0.4) is 0 Å². The highest BCUT2D eigenvalue weighted by molar-refractivity contribution is 5.77. The van der Waals surface area contributed by atoms with Crippen molar-refractivity contribution in [3.63, 3.8) is 0 Å². The summed E-state index contributed by atoms with van der Waals surface area (Å²) in [6.07, 6.45) is 19.1. The van der Waals surface area contributed by atoms with E-state index in [9.17, 15) is 0 Å². The van der Waals surface area contributed by atoms with Gasteiger partial charge in [0.1, 0.15) is 6.61 Å². The highest BCUT2D eigenvalue weighted by atomic mass is 16.5. The second-order valence-electron chi connectivity index (χ2n) is 7.62. The molecule has 0 unspecified atom stereocenters. The summed E-state index contributed by atoms with van der Waals surface area (Å²) in [7, 11) is 2.11. The van der Waals surface area contributed by atoms with Gasteiger partial charge in [-0.25, -0.2) is 0 Å². The summed E-state index contributed by atoms with van der Waals surface area (Å²) in [5, 5.41) is 0. The Labute approximate surface area is 158 Å². The Kier molecular flexibility index (Phi) is 7.52. The number of hydrogen-bond acceptors (Lipinski definition) is 6. The third-order valence-electron chi connectivity index (χ3n) is 5.14. The largest absolute Gasteiger partial charge is 0.479 e. The van der Waals surface area contributed by atoms with Gasteiger partial charge in [-0.05, 0) is 12.8 Å². The van der Waals surface area contributed by atoms with Crippen LogP contribution in [0, 0.1) is 0 Å². The molecule has 0 bridgehead atoms. The normalized spacial score (nSPS) is 19.0. The van der Waals surface area contributed by atoms with Gasteiger partial charge in [0.05, 0.1) is 26.6 Å². The molecule has 0 aliphatic carbocycles. The van der Waals surface area contributed by atoms with Gasteiger partial charge in [0, 0.05) is 44.8 Å². The molecule has 3 aliphatic rings. The van der Waals surface area contributed by atoms with Gasteiger partial charge in [-0.3, -0.25) is 4.99 Å². The van der Waals surface area contributed by atoms with E-state index >= 15 is 0 Å². The molecule has 0 fully saturated rings. The molecule has 0 aromatic heterocycles. The molecular weight excluding hydrogens is 326 g/mol. The Morgan fingerprint density at radius 3 is 2.27 bits per heavy atom. The fourth-order valence-electron chi connectivity index (χ4n) is 3.67. The van der Waals surface area contributed by atoms with Crippen LogP contribution < -0.4 is 0 Å². The average Bonchev–Trinajstić information content (AvgIpc) is 3.37. The summed E-state index contributed by atoms with van der Waals surface area (Å²) < 4.78 is 5.44. The number of hydrogen-bond donors (Lipinski definition) is 0. The van der Waals surface area contributed by atoms with Gasteiger partial charge in [0.15, 0.2) is 5.90 Å². The maximum atomic E-state index is 5.44. The van der Waals surface area contributed by atoms with Crippen molar-refractivity contribution in [3.05, 3.63) is 24.8 Å². The first-order valence-electron chi connectivity index (χ1n) is 10.2. The van der Waals surface area contributed by atoms with E-state index in [1.165, 1.54) is 51.5 Å². The number of nitrogens with zero attached hydrogens (tertiary/aromatic N) is 5. The molecule has 0 amide bonds. The van der Waals surface area contributed by atoms with Crippen molar-refractivity contribution in [3.8, 4) is 0 Å². The summed E-state index contributed by atoms with van der Waals surface area (Å²) >= 11 is 0. The molecule has 146 valence electrons. The van der Waals surface area contributed by atoms with Crippen molar-refractivity contribution in [1.29, 1.82) is 0 Å². The fourth-order valence-corrected chi connectivity index (χ4v) is 3.67. The number of aliphatic imine (C=N–C) groups is 1. The molecule has 6 heteroatoms. The molecule has 0 atom stereocenters. The molecule has 0 spiro atoms. The third-order valence-corrected chi connectivity index (χ3v) is 5.14. The van der Waals surface area contributed by atoms with Crippen molar-refractivity contribution in [1.82, 2.24) is 19.6 Å². The minimum atomic E-state index is 0.798. The van der Waals surface area contributed by atoms with Gasteiger partial charge in [0.25, 0.3) is 0 Å². The Bertz CT molecular complexity index is 504. The van der Waals surface area contributed by atoms with Crippen LogP contribution in [0.15, 0.2) is 29.8 Å². The summed E-state index contributed by atoms with van der Waals surface area (Å²) in [6, 6.07) is 0. The lowest BCUT2D eigenvalue weighted by Crippen LogP contribution is -2.35. The third kappa shape index (κ3) is 6.46. The first-order valence-corrected chi connectivity index (χ1v) is 10.2. The van der Waals surface area contributed by atoms with Crippen molar-refractivity contribution < 1.29 is 4.74 Å². The quantitative estimate of drug-likeness (QED) is 0.499. The van der Waals surface area contributed by atoms with Gasteiger partial charge >= 0.3 is 0 Å². The lowest BCUT2D eigenvalue weighted by molar-refractivity contribution is 0.169. The van der Waals surface area contributed by atoms with Gasteiger partial charge in [-0.2, -0.15) is 0 Å². The fraction of sp³-hybridized carbons (Fsp3) is 0.750. The van der Waals surface area contributed by atoms with Crippen LogP contribution in [-0.4, -0.2) is 72.2 Å². The summed E-state index contributed by atoms with van der Waals surface area (Å²) in [6.45, 7) is 5.84. The Hall–Kier alpha value is -1.85. The van der Waals surface area contributed by atoms with Crippen LogP contribution in [0.5, 0.6) is 0 Å². The summed E-state index contributed by atoms with van der Waals surface area (Å²) in [5.41, 5.74) is 0. The molecule has 0 aromatic carbocycles. The monoisotopic (exact) mass is 361 g/mol. The molecule has 0 saturated carbocycles. The molecule has 0 radical (unpaired) electrons. The van der Waals surface area contributed by atoms with Crippen LogP contribution in [0.4, 0.5) is 0 Å². The maximum absolute atomic E-state index is 5.44. The lowest BCUT2D eigenvalue weighted by atomic mass is 10.1. The summed E-state index contributed by atoms with van der Waals surface area (Å²) in [5.74, 6) is 0.991. The zero-order valence-electron chi connectivity index (χ0n) is 16.4. The van der Waals surface area contributed by atoms with Crippen LogP contribution in [0.2, 0.25) is 0 Å². The smallest absolute Gasteiger partial charge is 0.183 e. The Morgan fingerprint density at radius 1 is 0.846 bits per heavy atom. The van der Waals surface area contributed by atoms with E-state index in [0.29, 0.717) is 0 Å². The first kappa shape index (κ1) is 18.9. The number of rotatable bonds is 12. The van der Waals surface area contributed by atoms with Gasteiger partial charge in [-0.1, -0.05) is 32.1 Å². The topological polar surface area (TPSA) is 34.5 Å². The van der Waals surface area contributed by atoms with Crippen molar-refractivity contribution in [2.75, 3.05) is 46.8 Å². The molecule has 3 aliphatic heterocycles. The average molecular weight is 362 g/mol. The zero-order valence-corrected chi connectivity index (χ0v) is 16.4. The maximum Gasteiger partial charge on any atom is 0.183 e. The predicted molar refractivity (Wildman–Crippen MR) is 106 cm³/mol. The molecule has 6 nitrogen and oxygen atoms in total. The van der Waals surface area contributed by atoms with E-state index in [2.05, 4.69) is 56.4 Å². The SMILES string of the molecule is CN1C=CN(CN2C=CN(CCCCCCCCCC3=NCCO3)C2)C1. The molecule has 3 heterocycles. The van der Waals surface area contributed by atoms with E-state index in [4.69, 9.17) is 4.74 Å². The second-order valence-corrected chi connectivity index (χ2v) is 7.62. The van der Waals surface area contributed by atoms with E-state index in [1.807, 2.05) is 0 Å². The van der Waals surface area contributed by atoms with E-state index in [-0.39, 0.29) is 0 Å².